The molecule has 2 amide bonds. The summed E-state index contributed by atoms with van der Waals surface area (Å²) in [6.07, 6.45) is 8.02. The van der Waals surface area contributed by atoms with Crippen LogP contribution in [-0.2, 0) is 16.0 Å². The molecule has 26 heavy (non-hydrogen) atoms. The first-order valence-corrected chi connectivity index (χ1v) is 10.3. The van der Waals surface area contributed by atoms with Gasteiger partial charge in [-0.3, -0.25) is 9.59 Å². The highest BCUT2D eigenvalue weighted by atomic mass is 16.2. The monoisotopic (exact) mass is 354 g/mol. The standard InChI is InChI=1S/C22H30N2O2/c25-20(16-19-9-10-19)24-15-12-22(17-24)11-5-14-23(21(22)26)13-4-8-18-6-2-1-3-7-18/h1-3,6-7,19H,4-5,8-17H2. The van der Waals surface area contributed by atoms with Crippen LogP contribution in [0.5, 0.6) is 0 Å². The molecule has 2 heterocycles. The predicted octanol–water partition coefficient (Wildman–Crippen LogP) is 3.26. The number of benzene rings is 1. The topological polar surface area (TPSA) is 40.6 Å². The Hall–Kier alpha value is -1.84. The summed E-state index contributed by atoms with van der Waals surface area (Å²) in [4.78, 5) is 29.7. The molecule has 4 heteroatoms. The fraction of sp³-hybridized carbons (Fsp3) is 0.636. The van der Waals surface area contributed by atoms with Crippen LogP contribution in [0.15, 0.2) is 30.3 Å². The summed E-state index contributed by atoms with van der Waals surface area (Å²) >= 11 is 0. The first kappa shape index (κ1) is 17.6. The number of rotatable bonds is 6. The maximum absolute atomic E-state index is 13.2. The van der Waals surface area contributed by atoms with Gasteiger partial charge >= 0.3 is 0 Å². The average Bonchev–Trinajstić information content (AvgIpc) is 3.37. The number of hydrogen-bond acceptors (Lipinski definition) is 2. The van der Waals surface area contributed by atoms with Crippen molar-refractivity contribution < 1.29 is 9.59 Å². The Balaban J connectivity index is 1.31. The van der Waals surface area contributed by atoms with Crippen molar-refractivity contribution in [3.8, 4) is 0 Å². The van der Waals surface area contributed by atoms with Crippen LogP contribution in [0, 0.1) is 11.3 Å². The highest BCUT2D eigenvalue weighted by Crippen LogP contribution is 2.41. The fourth-order valence-electron chi connectivity index (χ4n) is 4.65. The molecule has 4 nitrogen and oxygen atoms in total. The second-order valence-corrected chi connectivity index (χ2v) is 8.48. The van der Waals surface area contributed by atoms with Crippen LogP contribution < -0.4 is 0 Å². The van der Waals surface area contributed by atoms with Crippen LogP contribution in [0.3, 0.4) is 0 Å². The molecule has 1 unspecified atom stereocenters. The Bertz CT molecular complexity index is 655. The molecule has 0 bridgehead atoms. The Labute approximate surface area is 156 Å². The zero-order chi connectivity index (χ0) is 18.0. The number of aryl methyl sites for hydroxylation is 1. The van der Waals surface area contributed by atoms with E-state index in [1.165, 1.54) is 18.4 Å². The smallest absolute Gasteiger partial charge is 0.230 e. The molecule has 1 atom stereocenters. The van der Waals surface area contributed by atoms with E-state index >= 15 is 0 Å². The van der Waals surface area contributed by atoms with E-state index in [1.807, 2.05) is 11.0 Å². The van der Waals surface area contributed by atoms with Gasteiger partial charge in [-0.15, -0.1) is 0 Å². The first-order chi connectivity index (χ1) is 12.7. The van der Waals surface area contributed by atoms with Gasteiger partial charge in [-0.1, -0.05) is 30.3 Å². The molecule has 1 aromatic carbocycles. The highest BCUT2D eigenvalue weighted by Gasteiger charge is 2.49. The Kier molecular flexibility index (Phi) is 5.01. The van der Waals surface area contributed by atoms with Gasteiger partial charge < -0.3 is 9.80 Å². The summed E-state index contributed by atoms with van der Waals surface area (Å²) in [6, 6.07) is 10.5. The zero-order valence-corrected chi connectivity index (χ0v) is 15.7. The third kappa shape index (κ3) is 3.79. The second-order valence-electron chi connectivity index (χ2n) is 8.48. The van der Waals surface area contributed by atoms with Crippen LogP contribution in [0.1, 0.15) is 50.5 Å². The van der Waals surface area contributed by atoms with Crippen molar-refractivity contribution >= 4 is 11.8 Å². The lowest BCUT2D eigenvalue weighted by atomic mass is 9.78. The maximum atomic E-state index is 13.2. The number of hydrogen-bond donors (Lipinski definition) is 0. The van der Waals surface area contributed by atoms with E-state index in [0.29, 0.717) is 24.8 Å². The number of amides is 2. The van der Waals surface area contributed by atoms with Crippen molar-refractivity contribution in [2.45, 2.75) is 51.4 Å². The zero-order valence-electron chi connectivity index (χ0n) is 15.7. The number of carbonyl (C=O) groups excluding carboxylic acids is 2. The van der Waals surface area contributed by atoms with Gasteiger partial charge in [-0.2, -0.15) is 0 Å². The van der Waals surface area contributed by atoms with Crippen LogP contribution >= 0.6 is 0 Å². The molecule has 1 saturated carbocycles. The van der Waals surface area contributed by atoms with Crippen molar-refractivity contribution in [2.24, 2.45) is 11.3 Å². The van der Waals surface area contributed by atoms with Gasteiger partial charge in [0.05, 0.1) is 5.41 Å². The summed E-state index contributed by atoms with van der Waals surface area (Å²) in [5.74, 6) is 1.20. The molecule has 0 radical (unpaired) electrons. The molecular weight excluding hydrogens is 324 g/mol. The maximum Gasteiger partial charge on any atom is 0.230 e. The highest BCUT2D eigenvalue weighted by molar-refractivity contribution is 5.86. The van der Waals surface area contributed by atoms with Gasteiger partial charge in [-0.05, 0) is 56.4 Å². The Morgan fingerprint density at radius 1 is 1.12 bits per heavy atom. The normalized spacial score (nSPS) is 25.9. The molecular formula is C22H30N2O2. The van der Waals surface area contributed by atoms with E-state index in [2.05, 4.69) is 29.2 Å². The molecule has 3 aliphatic rings. The molecule has 2 aliphatic heterocycles. The molecule has 0 N–H and O–H groups in total. The average molecular weight is 354 g/mol. The lowest BCUT2D eigenvalue weighted by Gasteiger charge is -2.39. The van der Waals surface area contributed by atoms with Gasteiger partial charge in [-0.25, -0.2) is 0 Å². The van der Waals surface area contributed by atoms with E-state index < -0.39 is 0 Å². The van der Waals surface area contributed by atoms with Gasteiger partial charge in [0.25, 0.3) is 0 Å². The van der Waals surface area contributed by atoms with Crippen molar-refractivity contribution in [1.29, 1.82) is 0 Å². The van der Waals surface area contributed by atoms with Gasteiger partial charge in [0.2, 0.25) is 11.8 Å². The molecule has 1 spiro atoms. The largest absolute Gasteiger partial charge is 0.342 e. The molecule has 2 saturated heterocycles. The van der Waals surface area contributed by atoms with Crippen molar-refractivity contribution in [1.82, 2.24) is 9.80 Å². The minimum atomic E-state index is -0.287. The quantitative estimate of drug-likeness (QED) is 0.787. The van der Waals surface area contributed by atoms with E-state index in [-0.39, 0.29) is 11.3 Å². The molecule has 1 aromatic rings. The second kappa shape index (κ2) is 7.42. The number of carbonyl (C=O) groups is 2. The van der Waals surface area contributed by atoms with Crippen molar-refractivity contribution in [3.63, 3.8) is 0 Å². The van der Waals surface area contributed by atoms with E-state index in [0.717, 1.165) is 51.7 Å². The number of nitrogens with zero attached hydrogens (tertiary/aromatic N) is 2. The third-order valence-electron chi connectivity index (χ3n) is 6.43. The third-order valence-corrected chi connectivity index (χ3v) is 6.43. The van der Waals surface area contributed by atoms with Crippen molar-refractivity contribution in [3.05, 3.63) is 35.9 Å². The Morgan fingerprint density at radius 3 is 2.69 bits per heavy atom. The van der Waals surface area contributed by atoms with Gasteiger partial charge in [0.1, 0.15) is 0 Å². The molecule has 3 fully saturated rings. The summed E-state index contributed by atoms with van der Waals surface area (Å²) in [7, 11) is 0. The van der Waals surface area contributed by atoms with E-state index in [4.69, 9.17) is 0 Å². The Morgan fingerprint density at radius 2 is 1.92 bits per heavy atom. The molecule has 0 aromatic heterocycles. The minimum absolute atomic E-state index is 0.276. The first-order valence-electron chi connectivity index (χ1n) is 10.3. The summed E-state index contributed by atoms with van der Waals surface area (Å²) in [5.41, 5.74) is 1.05. The van der Waals surface area contributed by atoms with Crippen LogP contribution in [0.25, 0.3) is 0 Å². The van der Waals surface area contributed by atoms with Crippen LogP contribution in [0.2, 0.25) is 0 Å². The van der Waals surface area contributed by atoms with E-state index in [1.54, 1.807) is 0 Å². The van der Waals surface area contributed by atoms with Crippen LogP contribution in [-0.4, -0.2) is 47.8 Å². The van der Waals surface area contributed by atoms with Gasteiger partial charge in [0.15, 0.2) is 0 Å². The van der Waals surface area contributed by atoms with Gasteiger partial charge in [0, 0.05) is 32.6 Å². The molecule has 140 valence electrons. The predicted molar refractivity (Wildman–Crippen MR) is 102 cm³/mol. The molecule has 1 aliphatic carbocycles. The number of piperidine rings is 1. The lowest BCUT2D eigenvalue weighted by Crippen LogP contribution is -2.50. The molecule has 4 rings (SSSR count). The number of likely N-dealkylation sites (tertiary alicyclic amines) is 2. The summed E-state index contributed by atoms with van der Waals surface area (Å²) < 4.78 is 0. The summed E-state index contributed by atoms with van der Waals surface area (Å²) in [5, 5.41) is 0. The van der Waals surface area contributed by atoms with Crippen LogP contribution in [0.4, 0.5) is 0 Å². The van der Waals surface area contributed by atoms with Crippen molar-refractivity contribution in [2.75, 3.05) is 26.2 Å². The summed E-state index contributed by atoms with van der Waals surface area (Å²) in [6.45, 7) is 3.15. The minimum Gasteiger partial charge on any atom is -0.342 e. The van der Waals surface area contributed by atoms with E-state index in [9.17, 15) is 9.59 Å². The fourth-order valence-corrected chi connectivity index (χ4v) is 4.65. The lowest BCUT2D eigenvalue weighted by molar-refractivity contribution is -0.146. The SMILES string of the molecule is O=C(CC1CC1)N1CCC2(CCCN(CCCc3ccccc3)C2=O)C1.